The molecule has 0 bridgehead atoms. The highest BCUT2D eigenvalue weighted by Gasteiger charge is 2.23. The van der Waals surface area contributed by atoms with Crippen LogP contribution in [0.25, 0.3) is 0 Å². The number of amides is 2. The number of benzene rings is 1. The molecule has 1 aliphatic rings. The van der Waals surface area contributed by atoms with E-state index in [0.717, 1.165) is 24.3 Å². The van der Waals surface area contributed by atoms with Crippen LogP contribution in [0.5, 0.6) is 5.75 Å². The molecule has 16 heavy (non-hydrogen) atoms. The van der Waals surface area contributed by atoms with Crippen LogP contribution in [-0.2, 0) is 0 Å². The Bertz CT molecular complexity index is 375. The van der Waals surface area contributed by atoms with Crippen molar-refractivity contribution in [2.75, 3.05) is 11.9 Å². The highest BCUT2D eigenvalue weighted by atomic mass is 16.5. The van der Waals surface area contributed by atoms with E-state index in [0.29, 0.717) is 12.6 Å². The minimum Gasteiger partial charge on any atom is -0.494 e. The summed E-state index contributed by atoms with van der Waals surface area (Å²) in [6.07, 6.45) is 2.18. The average molecular weight is 220 g/mol. The molecule has 2 amide bonds. The van der Waals surface area contributed by atoms with Crippen molar-refractivity contribution in [1.29, 1.82) is 0 Å². The van der Waals surface area contributed by atoms with E-state index >= 15 is 0 Å². The second kappa shape index (κ2) is 4.88. The molecule has 0 heterocycles. The number of hydrogen-bond acceptors (Lipinski definition) is 2. The molecule has 0 saturated heterocycles. The lowest BCUT2D eigenvalue weighted by Crippen LogP contribution is -2.30. The topological polar surface area (TPSA) is 50.4 Å². The molecule has 2 rings (SSSR count). The van der Waals surface area contributed by atoms with Gasteiger partial charge in [-0.15, -0.1) is 0 Å². The van der Waals surface area contributed by atoms with E-state index in [1.54, 1.807) is 0 Å². The molecule has 0 aliphatic heterocycles. The molecule has 0 spiro atoms. The molecule has 0 radical (unpaired) electrons. The maximum Gasteiger partial charge on any atom is 0.319 e. The van der Waals surface area contributed by atoms with Gasteiger partial charge in [0, 0.05) is 17.8 Å². The fourth-order valence-corrected chi connectivity index (χ4v) is 1.41. The predicted octanol–water partition coefficient (Wildman–Crippen LogP) is 2.37. The second-order valence-electron chi connectivity index (χ2n) is 3.83. The summed E-state index contributed by atoms with van der Waals surface area (Å²) in [5.41, 5.74) is 0.754. The van der Waals surface area contributed by atoms with E-state index in [1.165, 1.54) is 0 Å². The minimum atomic E-state index is -0.142. The van der Waals surface area contributed by atoms with E-state index in [1.807, 2.05) is 31.2 Å². The van der Waals surface area contributed by atoms with Crippen LogP contribution in [0.3, 0.4) is 0 Å². The number of anilines is 1. The Morgan fingerprint density at radius 1 is 1.50 bits per heavy atom. The summed E-state index contributed by atoms with van der Waals surface area (Å²) in [5, 5.41) is 5.64. The lowest BCUT2D eigenvalue weighted by atomic mass is 10.3. The third-order valence-corrected chi connectivity index (χ3v) is 2.32. The van der Waals surface area contributed by atoms with Gasteiger partial charge < -0.3 is 15.4 Å². The molecule has 1 saturated carbocycles. The normalized spacial score (nSPS) is 14.3. The summed E-state index contributed by atoms with van der Waals surface area (Å²) in [4.78, 5) is 11.5. The van der Waals surface area contributed by atoms with E-state index in [-0.39, 0.29) is 6.03 Å². The van der Waals surface area contributed by atoms with Gasteiger partial charge in [0.1, 0.15) is 5.75 Å². The molecule has 1 aliphatic carbocycles. The fourth-order valence-electron chi connectivity index (χ4n) is 1.41. The Balaban J connectivity index is 1.91. The number of carbonyl (C=O) groups is 1. The second-order valence-corrected chi connectivity index (χ2v) is 3.83. The maximum absolute atomic E-state index is 11.5. The van der Waals surface area contributed by atoms with E-state index in [9.17, 15) is 4.79 Å². The first-order valence-corrected chi connectivity index (χ1v) is 5.58. The smallest absolute Gasteiger partial charge is 0.319 e. The minimum absolute atomic E-state index is 0.142. The highest BCUT2D eigenvalue weighted by Crippen LogP contribution is 2.20. The van der Waals surface area contributed by atoms with Crippen LogP contribution < -0.4 is 15.4 Å². The van der Waals surface area contributed by atoms with Gasteiger partial charge in [-0.3, -0.25) is 0 Å². The quantitative estimate of drug-likeness (QED) is 0.818. The van der Waals surface area contributed by atoms with Gasteiger partial charge >= 0.3 is 6.03 Å². The Hall–Kier alpha value is -1.71. The zero-order chi connectivity index (χ0) is 11.4. The van der Waals surface area contributed by atoms with E-state index in [2.05, 4.69) is 10.6 Å². The van der Waals surface area contributed by atoms with Crippen molar-refractivity contribution in [3.63, 3.8) is 0 Å². The molecule has 0 unspecified atom stereocenters. The molecule has 2 N–H and O–H groups in total. The van der Waals surface area contributed by atoms with Crippen LogP contribution in [0.2, 0.25) is 0 Å². The Labute approximate surface area is 95.0 Å². The van der Waals surface area contributed by atoms with Crippen molar-refractivity contribution in [3.05, 3.63) is 24.3 Å². The standard InChI is InChI=1S/C12H16N2O2/c1-2-16-11-5-3-4-10(8-11)14-12(15)13-9-6-7-9/h3-5,8-9H,2,6-7H2,1H3,(H2,13,14,15). The SMILES string of the molecule is CCOc1cccc(NC(=O)NC2CC2)c1. The summed E-state index contributed by atoms with van der Waals surface area (Å²) >= 11 is 0. The van der Waals surface area contributed by atoms with Crippen molar-refractivity contribution in [3.8, 4) is 5.75 Å². The average Bonchev–Trinajstić information content (AvgIpc) is 3.02. The van der Waals surface area contributed by atoms with Gasteiger partial charge in [0.15, 0.2) is 0 Å². The van der Waals surface area contributed by atoms with Crippen LogP contribution in [-0.4, -0.2) is 18.7 Å². The van der Waals surface area contributed by atoms with Gasteiger partial charge in [-0.25, -0.2) is 4.79 Å². The summed E-state index contributed by atoms with van der Waals surface area (Å²) in [5.74, 6) is 0.770. The molecular weight excluding hydrogens is 204 g/mol. The highest BCUT2D eigenvalue weighted by molar-refractivity contribution is 5.89. The van der Waals surface area contributed by atoms with Crippen LogP contribution >= 0.6 is 0 Å². The molecule has 0 aromatic heterocycles. The van der Waals surface area contributed by atoms with Crippen LogP contribution in [0.4, 0.5) is 10.5 Å². The van der Waals surface area contributed by atoms with Crippen molar-refractivity contribution in [1.82, 2.24) is 5.32 Å². The van der Waals surface area contributed by atoms with Gasteiger partial charge in [0.2, 0.25) is 0 Å². The van der Waals surface area contributed by atoms with Crippen LogP contribution in [0.15, 0.2) is 24.3 Å². The van der Waals surface area contributed by atoms with Gasteiger partial charge in [0.25, 0.3) is 0 Å². The Kier molecular flexibility index (Phi) is 3.29. The Morgan fingerprint density at radius 3 is 3.00 bits per heavy atom. The fraction of sp³-hybridized carbons (Fsp3) is 0.417. The monoisotopic (exact) mass is 220 g/mol. The van der Waals surface area contributed by atoms with Crippen molar-refractivity contribution < 1.29 is 9.53 Å². The summed E-state index contributed by atoms with van der Waals surface area (Å²) in [6, 6.07) is 7.61. The molecule has 1 aromatic rings. The van der Waals surface area contributed by atoms with Gasteiger partial charge in [-0.2, -0.15) is 0 Å². The van der Waals surface area contributed by atoms with E-state index < -0.39 is 0 Å². The molecule has 4 heteroatoms. The van der Waals surface area contributed by atoms with Gasteiger partial charge in [-0.05, 0) is 31.9 Å². The molecular formula is C12H16N2O2. The maximum atomic E-state index is 11.5. The predicted molar refractivity (Wildman–Crippen MR) is 62.8 cm³/mol. The number of rotatable bonds is 4. The largest absolute Gasteiger partial charge is 0.494 e. The van der Waals surface area contributed by atoms with Crippen molar-refractivity contribution >= 4 is 11.7 Å². The zero-order valence-corrected chi connectivity index (χ0v) is 9.32. The first-order valence-electron chi connectivity index (χ1n) is 5.58. The molecule has 86 valence electrons. The summed E-state index contributed by atoms with van der Waals surface area (Å²) < 4.78 is 5.35. The number of ether oxygens (including phenoxy) is 1. The first-order chi connectivity index (χ1) is 7.78. The first kappa shape index (κ1) is 10.8. The van der Waals surface area contributed by atoms with Gasteiger partial charge in [0.05, 0.1) is 6.61 Å². The van der Waals surface area contributed by atoms with Crippen LogP contribution in [0, 0.1) is 0 Å². The molecule has 1 aromatic carbocycles. The lowest BCUT2D eigenvalue weighted by molar-refractivity contribution is 0.251. The summed E-state index contributed by atoms with van der Waals surface area (Å²) in [7, 11) is 0. The Morgan fingerprint density at radius 2 is 2.31 bits per heavy atom. The summed E-state index contributed by atoms with van der Waals surface area (Å²) in [6.45, 7) is 2.55. The van der Waals surface area contributed by atoms with Crippen LogP contribution in [0.1, 0.15) is 19.8 Å². The van der Waals surface area contributed by atoms with Crippen molar-refractivity contribution in [2.24, 2.45) is 0 Å². The third-order valence-electron chi connectivity index (χ3n) is 2.32. The van der Waals surface area contributed by atoms with Crippen molar-refractivity contribution in [2.45, 2.75) is 25.8 Å². The molecule has 1 fully saturated rings. The number of hydrogen-bond donors (Lipinski definition) is 2. The molecule has 4 nitrogen and oxygen atoms in total. The number of carbonyl (C=O) groups excluding carboxylic acids is 1. The number of urea groups is 1. The zero-order valence-electron chi connectivity index (χ0n) is 9.32. The number of nitrogens with one attached hydrogen (secondary N) is 2. The molecule has 0 atom stereocenters. The lowest BCUT2D eigenvalue weighted by Gasteiger charge is -2.08. The third kappa shape index (κ3) is 3.15. The van der Waals surface area contributed by atoms with E-state index in [4.69, 9.17) is 4.74 Å². The van der Waals surface area contributed by atoms with Gasteiger partial charge in [-0.1, -0.05) is 6.07 Å².